The van der Waals surface area contributed by atoms with E-state index in [4.69, 9.17) is 10.00 Å². The van der Waals surface area contributed by atoms with Crippen LogP contribution in [0.5, 0.6) is 0 Å². The van der Waals surface area contributed by atoms with Gasteiger partial charge in [0, 0.05) is 25.4 Å². The monoisotopic (exact) mass is 254 g/mol. The SMILES string of the molecule is N#Cc1ccccc1-n1ccc(N2CCOCC2)n1. The summed E-state index contributed by atoms with van der Waals surface area (Å²) < 4.78 is 7.08. The van der Waals surface area contributed by atoms with Gasteiger partial charge in [-0.2, -0.15) is 10.4 Å². The first-order chi connectivity index (χ1) is 9.38. The third-order valence-corrected chi connectivity index (χ3v) is 3.18. The first-order valence-corrected chi connectivity index (χ1v) is 6.26. The summed E-state index contributed by atoms with van der Waals surface area (Å²) in [5, 5.41) is 13.7. The molecule has 1 saturated heterocycles. The van der Waals surface area contributed by atoms with E-state index in [0.29, 0.717) is 5.56 Å². The highest BCUT2D eigenvalue weighted by Gasteiger charge is 2.14. The van der Waals surface area contributed by atoms with E-state index in [9.17, 15) is 0 Å². The predicted octanol–water partition coefficient (Wildman–Crippen LogP) is 1.58. The second kappa shape index (κ2) is 5.12. The topological polar surface area (TPSA) is 54.1 Å². The number of nitriles is 1. The Bertz CT molecular complexity index is 608. The van der Waals surface area contributed by atoms with Crippen molar-refractivity contribution in [3.8, 4) is 11.8 Å². The van der Waals surface area contributed by atoms with Crippen LogP contribution < -0.4 is 4.90 Å². The van der Waals surface area contributed by atoms with Crippen LogP contribution in [0, 0.1) is 11.3 Å². The summed E-state index contributed by atoms with van der Waals surface area (Å²) in [7, 11) is 0. The van der Waals surface area contributed by atoms with Gasteiger partial charge in [0.2, 0.25) is 0 Å². The number of benzene rings is 1. The average Bonchev–Trinajstić information content (AvgIpc) is 2.98. The minimum Gasteiger partial charge on any atom is -0.378 e. The maximum Gasteiger partial charge on any atom is 0.151 e. The Morgan fingerprint density at radius 3 is 2.74 bits per heavy atom. The van der Waals surface area contributed by atoms with Crippen LogP contribution in [0.1, 0.15) is 5.56 Å². The zero-order valence-corrected chi connectivity index (χ0v) is 10.5. The maximum atomic E-state index is 9.12. The predicted molar refractivity (Wildman–Crippen MR) is 71.3 cm³/mol. The second-order valence-corrected chi connectivity index (χ2v) is 4.35. The smallest absolute Gasteiger partial charge is 0.151 e. The normalized spacial score (nSPS) is 15.2. The summed E-state index contributed by atoms with van der Waals surface area (Å²) in [6.45, 7) is 3.19. The van der Waals surface area contributed by atoms with Gasteiger partial charge in [-0.25, -0.2) is 4.68 Å². The largest absolute Gasteiger partial charge is 0.378 e. The van der Waals surface area contributed by atoms with Crippen LogP contribution in [0.25, 0.3) is 5.69 Å². The Labute approximate surface area is 111 Å². The van der Waals surface area contributed by atoms with Crippen LogP contribution in [0.15, 0.2) is 36.5 Å². The summed E-state index contributed by atoms with van der Waals surface area (Å²) in [4.78, 5) is 2.19. The average molecular weight is 254 g/mol. The number of para-hydroxylation sites is 1. The quantitative estimate of drug-likeness (QED) is 0.816. The maximum absolute atomic E-state index is 9.12. The van der Waals surface area contributed by atoms with Gasteiger partial charge in [-0.05, 0) is 12.1 Å². The van der Waals surface area contributed by atoms with Gasteiger partial charge in [-0.1, -0.05) is 12.1 Å². The third kappa shape index (κ3) is 2.30. The molecule has 19 heavy (non-hydrogen) atoms. The van der Waals surface area contributed by atoms with E-state index < -0.39 is 0 Å². The van der Waals surface area contributed by atoms with Crippen molar-refractivity contribution in [1.82, 2.24) is 9.78 Å². The van der Waals surface area contributed by atoms with Crippen molar-refractivity contribution < 1.29 is 4.74 Å². The molecule has 5 nitrogen and oxygen atoms in total. The number of hydrogen-bond donors (Lipinski definition) is 0. The van der Waals surface area contributed by atoms with Gasteiger partial charge in [0.25, 0.3) is 0 Å². The summed E-state index contributed by atoms with van der Waals surface area (Å²) >= 11 is 0. The molecule has 96 valence electrons. The molecule has 0 aliphatic carbocycles. The van der Waals surface area contributed by atoms with Crippen LogP contribution >= 0.6 is 0 Å². The highest BCUT2D eigenvalue weighted by molar-refractivity contribution is 5.49. The third-order valence-electron chi connectivity index (χ3n) is 3.18. The fraction of sp³-hybridized carbons (Fsp3) is 0.286. The summed E-state index contributed by atoms with van der Waals surface area (Å²) in [5.74, 6) is 0.927. The summed E-state index contributed by atoms with van der Waals surface area (Å²) in [6.07, 6.45) is 1.89. The molecule has 0 saturated carbocycles. The Kier molecular flexibility index (Phi) is 3.17. The first kappa shape index (κ1) is 11.8. The molecule has 1 aliphatic rings. The minimum absolute atomic E-state index is 0.624. The van der Waals surface area contributed by atoms with E-state index >= 15 is 0 Å². The molecule has 2 aromatic rings. The van der Waals surface area contributed by atoms with Crippen molar-refractivity contribution in [1.29, 1.82) is 5.26 Å². The van der Waals surface area contributed by atoms with Crippen molar-refractivity contribution >= 4 is 5.82 Å². The van der Waals surface area contributed by atoms with Gasteiger partial charge >= 0.3 is 0 Å². The molecular weight excluding hydrogens is 240 g/mol. The van der Waals surface area contributed by atoms with Gasteiger partial charge in [0.05, 0.1) is 24.5 Å². The molecule has 5 heteroatoms. The van der Waals surface area contributed by atoms with Crippen LogP contribution in [-0.4, -0.2) is 36.1 Å². The number of morpholine rings is 1. The van der Waals surface area contributed by atoms with E-state index in [1.807, 2.05) is 30.5 Å². The number of hydrogen-bond acceptors (Lipinski definition) is 4. The zero-order chi connectivity index (χ0) is 13.1. The van der Waals surface area contributed by atoms with Crippen molar-refractivity contribution in [2.24, 2.45) is 0 Å². The van der Waals surface area contributed by atoms with E-state index in [2.05, 4.69) is 16.1 Å². The Morgan fingerprint density at radius 2 is 1.95 bits per heavy atom. The van der Waals surface area contributed by atoms with Crippen molar-refractivity contribution in [3.63, 3.8) is 0 Å². The lowest BCUT2D eigenvalue weighted by Crippen LogP contribution is -2.36. The zero-order valence-electron chi connectivity index (χ0n) is 10.5. The van der Waals surface area contributed by atoms with E-state index in [1.165, 1.54) is 0 Å². The second-order valence-electron chi connectivity index (χ2n) is 4.35. The van der Waals surface area contributed by atoms with E-state index in [0.717, 1.165) is 37.8 Å². The molecule has 0 atom stereocenters. The fourth-order valence-electron chi connectivity index (χ4n) is 2.18. The molecule has 1 aromatic heterocycles. The molecule has 1 aliphatic heterocycles. The molecular formula is C14H14N4O. The Hall–Kier alpha value is -2.32. The van der Waals surface area contributed by atoms with Crippen LogP contribution in [0.2, 0.25) is 0 Å². The molecule has 0 spiro atoms. The number of nitrogens with zero attached hydrogens (tertiary/aromatic N) is 4. The van der Waals surface area contributed by atoms with Gasteiger partial charge < -0.3 is 9.64 Å². The van der Waals surface area contributed by atoms with Gasteiger partial charge in [-0.15, -0.1) is 0 Å². The lowest BCUT2D eigenvalue weighted by atomic mass is 10.2. The van der Waals surface area contributed by atoms with Gasteiger partial charge in [-0.3, -0.25) is 0 Å². The highest BCUT2D eigenvalue weighted by Crippen LogP contribution is 2.17. The number of aromatic nitrogens is 2. The van der Waals surface area contributed by atoms with Gasteiger partial charge in [0.15, 0.2) is 5.82 Å². The highest BCUT2D eigenvalue weighted by atomic mass is 16.5. The molecule has 1 fully saturated rings. The van der Waals surface area contributed by atoms with Gasteiger partial charge in [0.1, 0.15) is 6.07 Å². The molecule has 0 amide bonds. The standard InChI is InChI=1S/C14H14N4O/c15-11-12-3-1-2-4-13(12)18-6-5-14(16-18)17-7-9-19-10-8-17/h1-6H,7-10H2. The number of ether oxygens (including phenoxy) is 1. The van der Waals surface area contributed by atoms with Crippen molar-refractivity contribution in [3.05, 3.63) is 42.1 Å². The summed E-state index contributed by atoms with van der Waals surface area (Å²) in [5.41, 5.74) is 1.43. The minimum atomic E-state index is 0.624. The summed E-state index contributed by atoms with van der Waals surface area (Å²) in [6, 6.07) is 11.6. The fourth-order valence-corrected chi connectivity index (χ4v) is 2.18. The van der Waals surface area contributed by atoms with Crippen molar-refractivity contribution in [2.75, 3.05) is 31.2 Å². The number of anilines is 1. The molecule has 1 aromatic carbocycles. The van der Waals surface area contributed by atoms with Crippen LogP contribution in [0.3, 0.4) is 0 Å². The van der Waals surface area contributed by atoms with Crippen LogP contribution in [-0.2, 0) is 4.74 Å². The molecule has 0 radical (unpaired) electrons. The molecule has 0 unspecified atom stereocenters. The molecule has 2 heterocycles. The lowest BCUT2D eigenvalue weighted by molar-refractivity contribution is 0.122. The first-order valence-electron chi connectivity index (χ1n) is 6.26. The van der Waals surface area contributed by atoms with Crippen molar-refractivity contribution in [2.45, 2.75) is 0 Å². The van der Waals surface area contributed by atoms with E-state index in [1.54, 1.807) is 10.7 Å². The molecule has 0 bridgehead atoms. The molecule has 0 N–H and O–H groups in total. The Morgan fingerprint density at radius 1 is 1.16 bits per heavy atom. The Balaban J connectivity index is 1.90. The lowest BCUT2D eigenvalue weighted by Gasteiger charge is -2.26. The molecule has 3 rings (SSSR count). The van der Waals surface area contributed by atoms with Crippen LogP contribution in [0.4, 0.5) is 5.82 Å². The number of rotatable bonds is 2. The van der Waals surface area contributed by atoms with E-state index in [-0.39, 0.29) is 0 Å².